The SMILES string of the molecule is CC(C)(C[C@@H]1C[C@@H](n2occc2=O)CCN1)c1ccccc1. The van der Waals surface area contributed by atoms with Gasteiger partial charge in [0.25, 0.3) is 5.56 Å². The van der Waals surface area contributed by atoms with Gasteiger partial charge in [-0.05, 0) is 36.8 Å². The Morgan fingerprint density at radius 1 is 1.27 bits per heavy atom. The number of nitrogens with zero attached hydrogens (tertiary/aromatic N) is 1. The van der Waals surface area contributed by atoms with Crippen molar-refractivity contribution in [3.63, 3.8) is 0 Å². The molecule has 1 aliphatic rings. The summed E-state index contributed by atoms with van der Waals surface area (Å²) < 4.78 is 6.87. The molecule has 1 fully saturated rings. The van der Waals surface area contributed by atoms with E-state index in [0.29, 0.717) is 6.04 Å². The number of benzene rings is 1. The Labute approximate surface area is 131 Å². The van der Waals surface area contributed by atoms with E-state index in [1.165, 1.54) is 22.6 Å². The van der Waals surface area contributed by atoms with E-state index in [-0.39, 0.29) is 17.0 Å². The summed E-state index contributed by atoms with van der Waals surface area (Å²) >= 11 is 0. The van der Waals surface area contributed by atoms with Gasteiger partial charge in [0.2, 0.25) is 0 Å². The second-order valence-electron chi connectivity index (χ2n) is 6.86. The molecule has 0 bridgehead atoms. The van der Waals surface area contributed by atoms with Crippen LogP contribution in [0.5, 0.6) is 0 Å². The molecule has 3 rings (SSSR count). The van der Waals surface area contributed by atoms with Crippen LogP contribution in [0.2, 0.25) is 0 Å². The zero-order valence-electron chi connectivity index (χ0n) is 13.3. The van der Waals surface area contributed by atoms with Gasteiger partial charge in [0.05, 0.1) is 6.04 Å². The predicted molar refractivity (Wildman–Crippen MR) is 87.1 cm³/mol. The Bertz CT molecular complexity index is 657. The predicted octanol–water partition coefficient (Wildman–Crippen LogP) is 3.10. The quantitative estimate of drug-likeness (QED) is 0.944. The van der Waals surface area contributed by atoms with Crippen LogP contribution in [0.4, 0.5) is 0 Å². The third-order valence-electron chi connectivity index (χ3n) is 4.71. The minimum Gasteiger partial charge on any atom is -0.384 e. The van der Waals surface area contributed by atoms with Gasteiger partial charge in [0, 0.05) is 12.1 Å². The largest absolute Gasteiger partial charge is 0.384 e. The minimum absolute atomic E-state index is 0.0343. The third-order valence-corrected chi connectivity index (χ3v) is 4.71. The first-order chi connectivity index (χ1) is 10.6. The van der Waals surface area contributed by atoms with Gasteiger partial charge in [-0.2, -0.15) is 4.74 Å². The highest BCUT2D eigenvalue weighted by Gasteiger charge is 2.30. The van der Waals surface area contributed by atoms with Crippen molar-refractivity contribution in [1.29, 1.82) is 0 Å². The van der Waals surface area contributed by atoms with Crippen molar-refractivity contribution >= 4 is 0 Å². The molecule has 4 heteroatoms. The van der Waals surface area contributed by atoms with Crippen molar-refractivity contribution in [2.24, 2.45) is 0 Å². The Morgan fingerprint density at radius 3 is 2.73 bits per heavy atom. The monoisotopic (exact) mass is 300 g/mol. The second-order valence-corrected chi connectivity index (χ2v) is 6.86. The first-order valence-electron chi connectivity index (χ1n) is 8.02. The summed E-state index contributed by atoms with van der Waals surface area (Å²) in [7, 11) is 0. The number of nitrogens with one attached hydrogen (secondary N) is 1. The molecule has 1 N–H and O–H groups in total. The summed E-state index contributed by atoms with van der Waals surface area (Å²) in [5.74, 6) is 0. The van der Waals surface area contributed by atoms with Crippen LogP contribution >= 0.6 is 0 Å². The summed E-state index contributed by atoms with van der Waals surface area (Å²) in [5.41, 5.74) is 1.43. The number of aromatic nitrogens is 1. The molecular weight excluding hydrogens is 276 g/mol. The molecule has 1 saturated heterocycles. The van der Waals surface area contributed by atoms with Gasteiger partial charge in [0.15, 0.2) is 0 Å². The van der Waals surface area contributed by atoms with E-state index in [9.17, 15) is 4.79 Å². The molecular formula is C18H24N2O2. The smallest absolute Gasteiger partial charge is 0.282 e. The zero-order chi connectivity index (χ0) is 15.6. The summed E-state index contributed by atoms with van der Waals surface area (Å²) in [6, 6.07) is 12.7. The van der Waals surface area contributed by atoms with E-state index in [1.54, 1.807) is 0 Å². The van der Waals surface area contributed by atoms with Gasteiger partial charge in [-0.25, -0.2) is 0 Å². The van der Waals surface area contributed by atoms with E-state index >= 15 is 0 Å². The average molecular weight is 300 g/mol. The Hall–Kier alpha value is -1.81. The normalized spacial score (nSPS) is 22.6. The van der Waals surface area contributed by atoms with Crippen LogP contribution in [0, 0.1) is 0 Å². The lowest BCUT2D eigenvalue weighted by molar-refractivity contribution is 0.152. The first-order valence-corrected chi connectivity index (χ1v) is 8.02. The van der Waals surface area contributed by atoms with Crippen molar-refractivity contribution in [1.82, 2.24) is 10.1 Å². The van der Waals surface area contributed by atoms with Crippen molar-refractivity contribution < 1.29 is 4.52 Å². The molecule has 2 heterocycles. The average Bonchev–Trinajstić information content (AvgIpc) is 2.94. The van der Waals surface area contributed by atoms with Crippen LogP contribution in [0.3, 0.4) is 0 Å². The number of hydrogen-bond acceptors (Lipinski definition) is 3. The van der Waals surface area contributed by atoms with Crippen molar-refractivity contribution in [3.05, 3.63) is 58.6 Å². The second kappa shape index (κ2) is 6.13. The molecule has 0 radical (unpaired) electrons. The van der Waals surface area contributed by atoms with Gasteiger partial charge < -0.3 is 9.84 Å². The topological polar surface area (TPSA) is 47.2 Å². The maximum Gasteiger partial charge on any atom is 0.282 e. The van der Waals surface area contributed by atoms with Crippen molar-refractivity contribution in [3.8, 4) is 0 Å². The van der Waals surface area contributed by atoms with E-state index in [0.717, 1.165) is 25.8 Å². The summed E-state index contributed by atoms with van der Waals surface area (Å²) in [5, 5.41) is 3.60. The third kappa shape index (κ3) is 3.17. The number of piperidine rings is 1. The highest BCUT2D eigenvalue weighted by Crippen LogP contribution is 2.32. The lowest BCUT2D eigenvalue weighted by atomic mass is 9.77. The Balaban J connectivity index is 1.70. The van der Waals surface area contributed by atoms with Crippen LogP contribution in [-0.4, -0.2) is 17.3 Å². The maximum atomic E-state index is 11.8. The molecule has 0 amide bonds. The van der Waals surface area contributed by atoms with Gasteiger partial charge in [-0.3, -0.25) is 4.79 Å². The van der Waals surface area contributed by atoms with E-state index in [1.807, 2.05) is 0 Å². The molecule has 4 nitrogen and oxygen atoms in total. The first kappa shape index (κ1) is 15.1. The van der Waals surface area contributed by atoms with E-state index < -0.39 is 0 Å². The molecule has 2 atom stereocenters. The van der Waals surface area contributed by atoms with Crippen LogP contribution in [0.1, 0.15) is 44.7 Å². The minimum atomic E-state index is -0.0343. The van der Waals surface area contributed by atoms with Crippen molar-refractivity contribution in [2.75, 3.05) is 6.54 Å². The number of hydrogen-bond donors (Lipinski definition) is 1. The Morgan fingerprint density at radius 2 is 2.05 bits per heavy atom. The molecule has 0 unspecified atom stereocenters. The molecule has 0 aliphatic carbocycles. The molecule has 2 aromatic rings. The van der Waals surface area contributed by atoms with Gasteiger partial charge in [-0.15, -0.1) is 0 Å². The molecule has 1 aromatic carbocycles. The number of rotatable bonds is 4. The fraction of sp³-hybridized carbons (Fsp3) is 0.500. The zero-order valence-corrected chi connectivity index (χ0v) is 13.3. The van der Waals surface area contributed by atoms with Crippen molar-refractivity contribution in [2.45, 2.75) is 50.6 Å². The standard InChI is InChI=1S/C18H24N2O2/c1-18(2,14-6-4-3-5-7-14)13-15-12-16(8-10-19-15)20-17(21)9-11-22-20/h3-7,9,11,15-16,19H,8,10,12-13H2,1-2H3/t15-,16-/m0/s1. The fourth-order valence-electron chi connectivity index (χ4n) is 3.52. The molecule has 0 saturated carbocycles. The van der Waals surface area contributed by atoms with Crippen LogP contribution < -0.4 is 10.9 Å². The highest BCUT2D eigenvalue weighted by molar-refractivity contribution is 5.23. The van der Waals surface area contributed by atoms with E-state index in [4.69, 9.17) is 4.52 Å². The van der Waals surface area contributed by atoms with Gasteiger partial charge in [-0.1, -0.05) is 44.2 Å². The summed E-state index contributed by atoms with van der Waals surface area (Å²) in [4.78, 5) is 11.8. The molecule has 0 spiro atoms. The van der Waals surface area contributed by atoms with Gasteiger partial charge >= 0.3 is 0 Å². The maximum absolute atomic E-state index is 11.8. The van der Waals surface area contributed by atoms with Crippen LogP contribution in [0.25, 0.3) is 0 Å². The highest BCUT2D eigenvalue weighted by atomic mass is 16.5. The fourth-order valence-corrected chi connectivity index (χ4v) is 3.52. The summed E-state index contributed by atoms with van der Waals surface area (Å²) in [6.45, 7) is 5.49. The summed E-state index contributed by atoms with van der Waals surface area (Å²) in [6.07, 6.45) is 4.40. The van der Waals surface area contributed by atoms with Crippen LogP contribution in [-0.2, 0) is 5.41 Å². The molecule has 1 aromatic heterocycles. The van der Waals surface area contributed by atoms with E-state index in [2.05, 4.69) is 49.5 Å². The van der Waals surface area contributed by atoms with Crippen LogP contribution in [0.15, 0.2) is 52.0 Å². The molecule has 118 valence electrons. The molecule has 22 heavy (non-hydrogen) atoms. The van der Waals surface area contributed by atoms with Gasteiger partial charge in [0.1, 0.15) is 6.26 Å². The molecule has 1 aliphatic heterocycles. The lowest BCUT2D eigenvalue weighted by Crippen LogP contribution is -2.43. The lowest BCUT2D eigenvalue weighted by Gasteiger charge is -2.35. The Kier molecular flexibility index (Phi) is 4.21.